The number of aryl methyl sites for hydroxylation is 1. The summed E-state index contributed by atoms with van der Waals surface area (Å²) in [4.78, 5) is 20.3. The Kier molecular flexibility index (Phi) is 6.15. The number of halogens is 3. The van der Waals surface area contributed by atoms with Crippen LogP contribution in [0.25, 0.3) is 37.4 Å². The number of imidazole rings is 1. The Morgan fingerprint density at radius 1 is 1.08 bits per heavy atom. The van der Waals surface area contributed by atoms with Crippen molar-refractivity contribution in [3.05, 3.63) is 54.1 Å². The number of hydrogen-bond acceptors (Lipinski definition) is 8. The maximum atomic E-state index is 14.5. The molecule has 0 spiro atoms. The van der Waals surface area contributed by atoms with E-state index in [2.05, 4.69) is 25.3 Å². The number of hydrogen-bond donors (Lipinski definition) is 1. The minimum atomic E-state index is -4.61. The third-order valence-electron chi connectivity index (χ3n) is 6.50. The molecule has 0 saturated carbocycles. The van der Waals surface area contributed by atoms with E-state index < -0.39 is 11.7 Å². The van der Waals surface area contributed by atoms with Crippen molar-refractivity contribution in [2.45, 2.75) is 20.0 Å². The predicted molar refractivity (Wildman–Crippen MR) is 141 cm³/mol. The fraction of sp³-hybridized carbons (Fsp3) is 0.308. The summed E-state index contributed by atoms with van der Waals surface area (Å²) in [5.74, 6) is 1.46. The molecule has 1 aromatic carbocycles. The molecule has 5 aromatic rings. The van der Waals surface area contributed by atoms with Gasteiger partial charge in [-0.3, -0.25) is 0 Å². The average molecular weight is 540 g/mol. The molecule has 1 fully saturated rings. The summed E-state index contributed by atoms with van der Waals surface area (Å²) in [6.07, 6.45) is -1.08. The van der Waals surface area contributed by atoms with Gasteiger partial charge in [-0.25, -0.2) is 15.0 Å². The van der Waals surface area contributed by atoms with Gasteiger partial charge in [-0.1, -0.05) is 12.1 Å². The SMILES string of the molecule is CCOc1nc(N2CCNCC2)nc2c1sc1nc(-c3ccc(-n4ccnc4C)cc3)cc(C(F)(F)F)c12. The lowest BCUT2D eigenvalue weighted by Gasteiger charge is -2.27. The molecule has 38 heavy (non-hydrogen) atoms. The number of aromatic nitrogens is 5. The standard InChI is InChI=1S/C26H24F3N7OS/c1-3-37-23-22-21(33-25(34-23)35-11-8-30-9-12-35)20-18(26(27,28)29)14-19(32-24(20)38-22)16-4-6-17(7-5-16)36-13-10-31-15(36)2/h4-7,10,13-14,30H,3,8-9,11-12H2,1-2H3. The van der Waals surface area contributed by atoms with Crippen molar-refractivity contribution in [2.75, 3.05) is 37.7 Å². The highest BCUT2D eigenvalue weighted by Gasteiger charge is 2.36. The molecule has 0 aliphatic carbocycles. The minimum absolute atomic E-state index is 0.0216. The lowest BCUT2D eigenvalue weighted by molar-refractivity contribution is -0.136. The van der Waals surface area contributed by atoms with E-state index in [-0.39, 0.29) is 27.3 Å². The molecule has 0 radical (unpaired) electrons. The number of benzene rings is 1. The molecule has 6 rings (SSSR count). The molecule has 1 aliphatic rings. The summed E-state index contributed by atoms with van der Waals surface area (Å²) in [7, 11) is 0. The first-order chi connectivity index (χ1) is 18.3. The maximum Gasteiger partial charge on any atom is 0.417 e. The largest absolute Gasteiger partial charge is 0.477 e. The highest BCUT2D eigenvalue weighted by Crippen LogP contribution is 2.45. The van der Waals surface area contributed by atoms with Gasteiger partial charge in [0, 0.05) is 49.8 Å². The first-order valence-electron chi connectivity index (χ1n) is 12.2. The van der Waals surface area contributed by atoms with Gasteiger partial charge in [0.25, 0.3) is 0 Å². The molecule has 1 saturated heterocycles. The van der Waals surface area contributed by atoms with Crippen molar-refractivity contribution in [1.82, 2.24) is 29.8 Å². The van der Waals surface area contributed by atoms with Gasteiger partial charge in [-0.15, -0.1) is 11.3 Å². The van der Waals surface area contributed by atoms with Crippen LogP contribution in [-0.4, -0.2) is 57.3 Å². The summed E-state index contributed by atoms with van der Waals surface area (Å²) in [5.41, 5.74) is 1.12. The summed E-state index contributed by atoms with van der Waals surface area (Å²) >= 11 is 1.12. The van der Waals surface area contributed by atoms with Gasteiger partial charge >= 0.3 is 6.18 Å². The van der Waals surface area contributed by atoms with Gasteiger partial charge in [-0.05, 0) is 32.0 Å². The highest BCUT2D eigenvalue weighted by atomic mass is 32.1. The van der Waals surface area contributed by atoms with Crippen LogP contribution in [0, 0.1) is 6.92 Å². The number of nitrogens with zero attached hydrogens (tertiary/aromatic N) is 6. The fourth-order valence-electron chi connectivity index (χ4n) is 4.66. The topological polar surface area (TPSA) is 81.0 Å². The van der Waals surface area contributed by atoms with Crippen molar-refractivity contribution in [3.63, 3.8) is 0 Å². The Labute approximate surface area is 220 Å². The van der Waals surface area contributed by atoms with Crippen LogP contribution < -0.4 is 15.0 Å². The van der Waals surface area contributed by atoms with Crippen LogP contribution in [0.5, 0.6) is 5.88 Å². The number of anilines is 1. The second kappa shape index (κ2) is 9.52. The summed E-state index contributed by atoms with van der Waals surface area (Å²) < 4.78 is 51.6. The molecule has 0 amide bonds. The number of thiophene rings is 1. The van der Waals surface area contributed by atoms with Crippen molar-refractivity contribution in [3.8, 4) is 22.8 Å². The zero-order valence-corrected chi connectivity index (χ0v) is 21.5. The van der Waals surface area contributed by atoms with Crippen LogP contribution in [0.15, 0.2) is 42.7 Å². The number of piperazine rings is 1. The number of fused-ring (bicyclic) bond motifs is 3. The van der Waals surface area contributed by atoms with Gasteiger partial charge in [0.05, 0.1) is 23.3 Å². The van der Waals surface area contributed by atoms with Crippen molar-refractivity contribution in [2.24, 2.45) is 0 Å². The lowest BCUT2D eigenvalue weighted by atomic mass is 10.1. The van der Waals surface area contributed by atoms with E-state index in [0.29, 0.717) is 35.9 Å². The molecular formula is C26H24F3N7OS. The first-order valence-corrected chi connectivity index (χ1v) is 13.1. The normalized spacial score (nSPS) is 14.5. The number of nitrogens with one attached hydrogen (secondary N) is 1. The Hall–Kier alpha value is -3.77. The van der Waals surface area contributed by atoms with Gasteiger partial charge in [0.1, 0.15) is 20.9 Å². The van der Waals surface area contributed by atoms with Gasteiger partial charge in [0.2, 0.25) is 11.8 Å². The van der Waals surface area contributed by atoms with Crippen LogP contribution in [0.4, 0.5) is 19.1 Å². The zero-order valence-electron chi connectivity index (χ0n) is 20.7. The van der Waals surface area contributed by atoms with Crippen LogP contribution in [0.1, 0.15) is 18.3 Å². The van der Waals surface area contributed by atoms with Crippen LogP contribution in [0.2, 0.25) is 0 Å². The predicted octanol–water partition coefficient (Wildman–Crippen LogP) is 5.23. The average Bonchev–Trinajstić information content (AvgIpc) is 3.51. The first kappa shape index (κ1) is 24.6. The molecular weight excluding hydrogens is 515 g/mol. The second-order valence-corrected chi connectivity index (χ2v) is 9.90. The van der Waals surface area contributed by atoms with Crippen LogP contribution >= 0.6 is 11.3 Å². The molecule has 0 unspecified atom stereocenters. The number of rotatable bonds is 5. The maximum absolute atomic E-state index is 14.5. The number of ether oxygens (including phenoxy) is 1. The van der Waals surface area contributed by atoms with Gasteiger partial charge < -0.3 is 19.5 Å². The highest BCUT2D eigenvalue weighted by molar-refractivity contribution is 7.25. The molecule has 12 heteroatoms. The Morgan fingerprint density at radius 3 is 2.50 bits per heavy atom. The third-order valence-corrected chi connectivity index (χ3v) is 7.56. The van der Waals surface area contributed by atoms with Crippen LogP contribution in [-0.2, 0) is 6.18 Å². The smallest absolute Gasteiger partial charge is 0.417 e. The zero-order chi connectivity index (χ0) is 26.4. The molecule has 1 aliphatic heterocycles. The molecule has 4 aromatic heterocycles. The third kappa shape index (κ3) is 4.33. The quantitative estimate of drug-likeness (QED) is 0.328. The Bertz CT molecular complexity index is 1620. The Morgan fingerprint density at radius 2 is 1.84 bits per heavy atom. The van der Waals surface area contributed by atoms with Gasteiger partial charge in [-0.2, -0.15) is 18.2 Å². The van der Waals surface area contributed by atoms with Crippen molar-refractivity contribution >= 4 is 37.7 Å². The van der Waals surface area contributed by atoms with E-state index in [1.165, 1.54) is 0 Å². The number of pyridine rings is 1. The molecule has 196 valence electrons. The van der Waals surface area contributed by atoms with Crippen molar-refractivity contribution < 1.29 is 17.9 Å². The van der Waals surface area contributed by atoms with Crippen molar-refractivity contribution in [1.29, 1.82) is 0 Å². The minimum Gasteiger partial charge on any atom is -0.477 e. The summed E-state index contributed by atoms with van der Waals surface area (Å²) in [5, 5.41) is 3.24. The Balaban J connectivity index is 1.53. The van der Waals surface area contributed by atoms with E-state index in [1.807, 2.05) is 41.6 Å². The van der Waals surface area contributed by atoms with E-state index in [9.17, 15) is 13.2 Å². The van der Waals surface area contributed by atoms with Crippen LogP contribution in [0.3, 0.4) is 0 Å². The molecule has 8 nitrogen and oxygen atoms in total. The van der Waals surface area contributed by atoms with E-state index >= 15 is 0 Å². The molecule has 0 atom stereocenters. The summed E-state index contributed by atoms with van der Waals surface area (Å²) in [6.45, 7) is 6.83. The molecule has 0 bridgehead atoms. The number of alkyl halides is 3. The van der Waals surface area contributed by atoms with E-state index in [0.717, 1.165) is 42.0 Å². The molecule has 5 heterocycles. The summed E-state index contributed by atoms with van der Waals surface area (Å²) in [6, 6.07) is 8.33. The van der Waals surface area contributed by atoms with E-state index in [1.54, 1.807) is 18.3 Å². The van der Waals surface area contributed by atoms with Gasteiger partial charge in [0.15, 0.2) is 0 Å². The molecule has 1 N–H and O–H groups in total. The second-order valence-electron chi connectivity index (χ2n) is 8.90. The monoisotopic (exact) mass is 539 g/mol. The fourth-order valence-corrected chi connectivity index (χ4v) is 5.74. The lowest BCUT2D eigenvalue weighted by Crippen LogP contribution is -2.44. The van der Waals surface area contributed by atoms with E-state index in [4.69, 9.17) is 4.74 Å².